The summed E-state index contributed by atoms with van der Waals surface area (Å²) in [6, 6.07) is 24.4. The van der Waals surface area contributed by atoms with E-state index in [-0.39, 0.29) is 12.4 Å². The van der Waals surface area contributed by atoms with Crippen LogP contribution in [0.4, 0.5) is 11.4 Å². The van der Waals surface area contributed by atoms with Crippen LogP contribution in [0.3, 0.4) is 0 Å². The van der Waals surface area contributed by atoms with E-state index in [1.807, 2.05) is 24.3 Å². The van der Waals surface area contributed by atoms with Crippen molar-refractivity contribution < 1.29 is 17.4 Å². The van der Waals surface area contributed by atoms with Crippen molar-refractivity contribution in [1.82, 2.24) is 0 Å². The van der Waals surface area contributed by atoms with Crippen LogP contribution in [0.2, 0.25) is 5.02 Å². The standard InChI is InChI=1S/C21H19ClN2.ClH/c1-15-7-11-17(12-8-15)23-21(19-5-3-4-6-20(19)22)24-18-13-9-16(2)10-14-18;/h3-14H,1-2H3,(H,23,24);1H. The van der Waals surface area contributed by atoms with Crippen molar-refractivity contribution in [3.05, 3.63) is 94.5 Å². The van der Waals surface area contributed by atoms with Gasteiger partial charge >= 0.3 is 0 Å². The van der Waals surface area contributed by atoms with Gasteiger partial charge in [-0.25, -0.2) is 10.3 Å². The molecule has 0 aromatic heterocycles. The number of benzene rings is 3. The molecule has 4 heteroatoms. The van der Waals surface area contributed by atoms with Crippen molar-refractivity contribution in [2.45, 2.75) is 13.8 Å². The number of anilines is 1. The summed E-state index contributed by atoms with van der Waals surface area (Å²) in [7, 11) is 0. The second kappa shape index (κ2) is 8.70. The Labute approximate surface area is 160 Å². The maximum absolute atomic E-state index is 6.40. The molecule has 3 aromatic carbocycles. The molecule has 0 fully saturated rings. The lowest BCUT2D eigenvalue weighted by molar-refractivity contribution is -0.352. The molecule has 2 nitrogen and oxygen atoms in total. The van der Waals surface area contributed by atoms with Gasteiger partial charge in [-0.1, -0.05) is 59.1 Å². The maximum atomic E-state index is 6.40. The zero-order chi connectivity index (χ0) is 16.9. The first-order valence-electron chi connectivity index (χ1n) is 7.91. The first-order chi connectivity index (χ1) is 11.6. The molecular weight excluding hydrogens is 351 g/mol. The summed E-state index contributed by atoms with van der Waals surface area (Å²) in [5, 5.41) is 4.15. The molecule has 0 saturated heterocycles. The van der Waals surface area contributed by atoms with E-state index < -0.39 is 0 Å². The molecule has 0 aliphatic heterocycles. The molecule has 0 aliphatic carbocycles. The van der Waals surface area contributed by atoms with Gasteiger partial charge in [0.15, 0.2) is 0 Å². The first-order valence-corrected chi connectivity index (χ1v) is 8.29. The number of hydrogen-bond donors (Lipinski definition) is 2. The monoisotopic (exact) mass is 370 g/mol. The molecule has 0 amide bonds. The van der Waals surface area contributed by atoms with E-state index in [2.05, 4.69) is 72.7 Å². The fourth-order valence-corrected chi connectivity index (χ4v) is 2.62. The first kappa shape index (κ1) is 19.0. The van der Waals surface area contributed by atoms with Gasteiger partial charge in [0.1, 0.15) is 11.4 Å². The van der Waals surface area contributed by atoms with Crippen molar-refractivity contribution in [2.24, 2.45) is 0 Å². The molecule has 128 valence electrons. The van der Waals surface area contributed by atoms with Crippen LogP contribution in [0.5, 0.6) is 0 Å². The highest BCUT2D eigenvalue weighted by molar-refractivity contribution is 6.34. The summed E-state index contributed by atoms with van der Waals surface area (Å²) in [5.41, 5.74) is 5.41. The third-order valence-corrected chi connectivity index (χ3v) is 4.11. The van der Waals surface area contributed by atoms with Gasteiger partial charge in [-0.3, -0.25) is 0 Å². The fraction of sp³-hybridized carbons (Fsp3) is 0.0952. The van der Waals surface area contributed by atoms with Crippen molar-refractivity contribution in [3.63, 3.8) is 0 Å². The van der Waals surface area contributed by atoms with Gasteiger partial charge in [0, 0.05) is 0 Å². The number of aryl methyl sites for hydroxylation is 2. The summed E-state index contributed by atoms with van der Waals surface area (Å²) < 4.78 is 0. The maximum Gasteiger partial charge on any atom is 0.286 e. The van der Waals surface area contributed by atoms with Crippen LogP contribution in [0.25, 0.3) is 0 Å². The van der Waals surface area contributed by atoms with Crippen LogP contribution in [-0.2, 0) is 0 Å². The van der Waals surface area contributed by atoms with Crippen LogP contribution in [0.1, 0.15) is 16.7 Å². The van der Waals surface area contributed by atoms with Gasteiger partial charge in [0.05, 0.1) is 10.6 Å². The lowest BCUT2D eigenvalue weighted by Gasteiger charge is -2.06. The fourth-order valence-electron chi connectivity index (χ4n) is 2.39. The minimum Gasteiger partial charge on any atom is -1.00 e. The van der Waals surface area contributed by atoms with Crippen molar-refractivity contribution >= 4 is 28.8 Å². The quantitative estimate of drug-likeness (QED) is 0.526. The second-order valence-electron chi connectivity index (χ2n) is 5.84. The van der Waals surface area contributed by atoms with Crippen LogP contribution < -0.4 is 22.7 Å². The van der Waals surface area contributed by atoms with Gasteiger partial charge in [-0.2, -0.15) is 0 Å². The summed E-state index contributed by atoms with van der Waals surface area (Å²) in [4.78, 5) is 3.45. The number of amidine groups is 1. The zero-order valence-corrected chi connectivity index (χ0v) is 15.7. The number of halogens is 2. The summed E-state index contributed by atoms with van der Waals surface area (Å²) in [6.45, 7) is 4.15. The van der Waals surface area contributed by atoms with E-state index in [1.54, 1.807) is 0 Å². The van der Waals surface area contributed by atoms with Crippen molar-refractivity contribution in [1.29, 1.82) is 0 Å². The Balaban J connectivity index is 0.00000225. The highest BCUT2D eigenvalue weighted by Crippen LogP contribution is 2.17. The zero-order valence-electron chi connectivity index (χ0n) is 14.2. The SMILES string of the molecule is Cc1ccc(NC(=[NH+]c2ccc(C)cc2)c2ccccc2Cl)cc1.[Cl-]. The molecule has 3 aromatic rings. The van der Waals surface area contributed by atoms with E-state index in [9.17, 15) is 0 Å². The lowest BCUT2D eigenvalue weighted by Crippen LogP contribution is -3.00. The average Bonchev–Trinajstić information content (AvgIpc) is 2.59. The second-order valence-corrected chi connectivity index (χ2v) is 6.24. The Kier molecular flexibility index (Phi) is 6.63. The Morgan fingerprint density at radius 2 is 1.36 bits per heavy atom. The van der Waals surface area contributed by atoms with Crippen molar-refractivity contribution in [3.8, 4) is 0 Å². The highest BCUT2D eigenvalue weighted by Gasteiger charge is 2.15. The molecular formula is C21H20Cl2N2. The van der Waals surface area contributed by atoms with Gasteiger partial charge < -0.3 is 12.4 Å². The molecule has 0 saturated carbocycles. The molecule has 25 heavy (non-hydrogen) atoms. The van der Waals surface area contributed by atoms with E-state index in [0.717, 1.165) is 22.8 Å². The topological polar surface area (TPSA) is 26.0 Å². The summed E-state index contributed by atoms with van der Waals surface area (Å²) in [5.74, 6) is 0.855. The molecule has 0 atom stereocenters. The lowest BCUT2D eigenvalue weighted by atomic mass is 10.1. The Hall–Kier alpha value is -2.29. The molecule has 0 radical (unpaired) electrons. The van der Waals surface area contributed by atoms with Crippen LogP contribution in [0, 0.1) is 13.8 Å². The number of hydrogen-bond acceptors (Lipinski definition) is 0. The number of nitrogens with one attached hydrogen (secondary N) is 2. The Morgan fingerprint density at radius 1 is 0.800 bits per heavy atom. The minimum absolute atomic E-state index is 0. The van der Waals surface area contributed by atoms with Gasteiger partial charge in [-0.05, 0) is 50.2 Å². The normalized spacial score (nSPS) is 10.9. The van der Waals surface area contributed by atoms with Crippen molar-refractivity contribution in [2.75, 3.05) is 5.32 Å². The molecule has 2 N–H and O–H groups in total. The predicted octanol–water partition coefficient (Wildman–Crippen LogP) is 1.23. The Bertz CT molecular complexity index is 854. The largest absolute Gasteiger partial charge is 1.00 e. The van der Waals surface area contributed by atoms with Crippen LogP contribution >= 0.6 is 11.6 Å². The van der Waals surface area contributed by atoms with E-state index in [1.165, 1.54) is 11.1 Å². The van der Waals surface area contributed by atoms with Gasteiger partial charge in [0.25, 0.3) is 5.84 Å². The highest BCUT2D eigenvalue weighted by atomic mass is 35.5. The van der Waals surface area contributed by atoms with Gasteiger partial charge in [-0.15, -0.1) is 0 Å². The third-order valence-electron chi connectivity index (χ3n) is 3.79. The van der Waals surface area contributed by atoms with E-state index in [4.69, 9.17) is 11.6 Å². The number of rotatable bonds is 3. The smallest absolute Gasteiger partial charge is 0.286 e. The molecule has 0 bridgehead atoms. The molecule has 0 aliphatic rings. The molecule has 0 unspecified atom stereocenters. The third kappa shape index (κ3) is 5.09. The summed E-state index contributed by atoms with van der Waals surface area (Å²) in [6.07, 6.45) is 0. The van der Waals surface area contributed by atoms with Crippen LogP contribution in [0.15, 0.2) is 72.8 Å². The average molecular weight is 371 g/mol. The molecule has 3 rings (SSSR count). The summed E-state index contributed by atoms with van der Waals surface area (Å²) >= 11 is 6.40. The van der Waals surface area contributed by atoms with E-state index in [0.29, 0.717) is 5.02 Å². The Morgan fingerprint density at radius 3 is 1.96 bits per heavy atom. The predicted molar refractivity (Wildman–Crippen MR) is 102 cm³/mol. The molecule has 0 spiro atoms. The minimum atomic E-state index is 0. The van der Waals surface area contributed by atoms with Gasteiger partial charge in [0.2, 0.25) is 0 Å². The van der Waals surface area contributed by atoms with E-state index >= 15 is 0 Å². The molecule has 0 heterocycles. The van der Waals surface area contributed by atoms with Crippen LogP contribution in [-0.4, -0.2) is 5.84 Å².